The van der Waals surface area contributed by atoms with Gasteiger partial charge in [-0.05, 0) is 42.6 Å². The number of hydrogen-bond acceptors (Lipinski definition) is 1. The van der Waals surface area contributed by atoms with E-state index >= 15 is 0 Å². The van der Waals surface area contributed by atoms with Gasteiger partial charge < -0.3 is 5.32 Å². The summed E-state index contributed by atoms with van der Waals surface area (Å²) in [5.41, 5.74) is 5.41. The van der Waals surface area contributed by atoms with Crippen molar-refractivity contribution < 1.29 is 0 Å². The Morgan fingerprint density at radius 1 is 1.43 bits per heavy atom. The van der Waals surface area contributed by atoms with Crippen LogP contribution in [0.25, 0.3) is 6.08 Å². The fourth-order valence-corrected chi connectivity index (χ4v) is 1.80. The molecule has 0 fully saturated rings. The maximum absolute atomic E-state index is 3.90. The number of benzene rings is 1. The molecule has 0 aromatic heterocycles. The molecule has 1 heteroatoms. The third-order valence-electron chi connectivity index (χ3n) is 2.62. The molecule has 1 N–H and O–H groups in total. The summed E-state index contributed by atoms with van der Waals surface area (Å²) in [6.07, 6.45) is 3.04. The zero-order valence-electron chi connectivity index (χ0n) is 9.35. The molecule has 0 aliphatic heterocycles. The second-order valence-electron chi connectivity index (χ2n) is 3.52. The summed E-state index contributed by atoms with van der Waals surface area (Å²) in [7, 11) is 1.98. The van der Waals surface area contributed by atoms with Gasteiger partial charge in [0, 0.05) is 6.54 Å². The normalized spacial score (nSPS) is 10.2. The maximum Gasteiger partial charge on any atom is 0.0211 e. The Hall–Kier alpha value is -1.08. The minimum Gasteiger partial charge on any atom is -0.316 e. The van der Waals surface area contributed by atoms with Gasteiger partial charge in [0.1, 0.15) is 0 Å². The van der Waals surface area contributed by atoms with E-state index < -0.39 is 0 Å². The first-order valence-electron chi connectivity index (χ1n) is 5.13. The monoisotopic (exact) mass is 189 g/mol. The highest BCUT2D eigenvalue weighted by Crippen LogP contribution is 2.20. The summed E-state index contributed by atoms with van der Waals surface area (Å²) in [6, 6.07) is 4.39. The fraction of sp³-hybridized carbons (Fsp3) is 0.385. The fourth-order valence-electron chi connectivity index (χ4n) is 1.80. The van der Waals surface area contributed by atoms with E-state index in [1.54, 1.807) is 0 Å². The summed E-state index contributed by atoms with van der Waals surface area (Å²) in [4.78, 5) is 0. The average molecular weight is 189 g/mol. The summed E-state index contributed by atoms with van der Waals surface area (Å²) in [6.45, 7) is 9.15. The van der Waals surface area contributed by atoms with Crippen LogP contribution in [0.2, 0.25) is 0 Å². The van der Waals surface area contributed by atoms with Crippen molar-refractivity contribution in [3.8, 4) is 0 Å². The molecule has 1 aromatic carbocycles. The molecule has 1 rings (SSSR count). The predicted octanol–water partition coefficient (Wildman–Crippen LogP) is 2.92. The largest absolute Gasteiger partial charge is 0.316 e. The Morgan fingerprint density at radius 2 is 2.14 bits per heavy atom. The van der Waals surface area contributed by atoms with Crippen molar-refractivity contribution in [3.63, 3.8) is 0 Å². The van der Waals surface area contributed by atoms with E-state index in [9.17, 15) is 0 Å². The van der Waals surface area contributed by atoms with Gasteiger partial charge in [-0.3, -0.25) is 0 Å². The Bertz CT molecular complexity index is 326. The Kier molecular flexibility index (Phi) is 3.90. The standard InChI is InChI=1S/C13H19N/c1-5-11-8-7-10(3)13(9-14-4)12(11)6-2/h6-8,14H,2,5,9H2,1,3-4H3. The molecule has 76 valence electrons. The van der Waals surface area contributed by atoms with Crippen molar-refractivity contribution in [1.29, 1.82) is 0 Å². The lowest BCUT2D eigenvalue weighted by Crippen LogP contribution is -2.09. The molecule has 0 aliphatic carbocycles. The molecular weight excluding hydrogens is 170 g/mol. The van der Waals surface area contributed by atoms with Crippen molar-refractivity contribution in [2.24, 2.45) is 0 Å². The lowest BCUT2D eigenvalue weighted by molar-refractivity contribution is 0.808. The highest BCUT2D eigenvalue weighted by molar-refractivity contribution is 5.58. The van der Waals surface area contributed by atoms with Gasteiger partial charge in [-0.1, -0.05) is 31.7 Å². The van der Waals surface area contributed by atoms with Gasteiger partial charge in [0.25, 0.3) is 0 Å². The molecule has 0 bridgehead atoms. The molecule has 0 aliphatic rings. The molecule has 0 unspecified atom stereocenters. The van der Waals surface area contributed by atoms with Gasteiger partial charge in [-0.25, -0.2) is 0 Å². The van der Waals surface area contributed by atoms with Crippen LogP contribution in [0.1, 0.15) is 29.2 Å². The second-order valence-corrected chi connectivity index (χ2v) is 3.52. The van der Waals surface area contributed by atoms with Crippen LogP contribution < -0.4 is 5.32 Å². The molecule has 0 amide bonds. The van der Waals surface area contributed by atoms with Gasteiger partial charge in [-0.15, -0.1) is 0 Å². The van der Waals surface area contributed by atoms with Crippen LogP contribution in [0, 0.1) is 6.92 Å². The van der Waals surface area contributed by atoms with Crippen LogP contribution in [0.3, 0.4) is 0 Å². The zero-order chi connectivity index (χ0) is 10.6. The molecule has 0 saturated heterocycles. The summed E-state index contributed by atoms with van der Waals surface area (Å²) < 4.78 is 0. The van der Waals surface area contributed by atoms with E-state index in [4.69, 9.17) is 0 Å². The van der Waals surface area contributed by atoms with Gasteiger partial charge in [-0.2, -0.15) is 0 Å². The molecule has 0 saturated carbocycles. The third kappa shape index (κ3) is 2.05. The van der Waals surface area contributed by atoms with E-state index in [2.05, 4.69) is 37.9 Å². The molecule has 14 heavy (non-hydrogen) atoms. The molecule has 1 aromatic rings. The smallest absolute Gasteiger partial charge is 0.0211 e. The molecule has 0 spiro atoms. The molecule has 0 radical (unpaired) electrons. The van der Waals surface area contributed by atoms with Gasteiger partial charge in [0.15, 0.2) is 0 Å². The van der Waals surface area contributed by atoms with Gasteiger partial charge in [0.05, 0.1) is 0 Å². The molecular formula is C13H19N. The summed E-state index contributed by atoms with van der Waals surface area (Å²) in [5, 5.41) is 3.20. The first kappa shape index (κ1) is 11.0. The number of rotatable bonds is 4. The van der Waals surface area contributed by atoms with E-state index in [0.717, 1.165) is 13.0 Å². The van der Waals surface area contributed by atoms with Crippen molar-refractivity contribution >= 4 is 6.08 Å². The Morgan fingerprint density at radius 3 is 2.64 bits per heavy atom. The van der Waals surface area contributed by atoms with E-state index in [-0.39, 0.29) is 0 Å². The highest BCUT2D eigenvalue weighted by Gasteiger charge is 2.06. The Labute approximate surface area is 86.8 Å². The summed E-state index contributed by atoms with van der Waals surface area (Å²) in [5.74, 6) is 0. The predicted molar refractivity (Wildman–Crippen MR) is 63.4 cm³/mol. The third-order valence-corrected chi connectivity index (χ3v) is 2.62. The van der Waals surface area contributed by atoms with Crippen molar-refractivity contribution in [1.82, 2.24) is 5.32 Å². The highest BCUT2D eigenvalue weighted by atomic mass is 14.8. The van der Waals surface area contributed by atoms with Crippen LogP contribution in [-0.4, -0.2) is 7.05 Å². The first-order chi connectivity index (χ1) is 6.74. The van der Waals surface area contributed by atoms with Crippen molar-refractivity contribution in [3.05, 3.63) is 41.0 Å². The maximum atomic E-state index is 3.90. The second kappa shape index (κ2) is 4.97. The quantitative estimate of drug-likeness (QED) is 0.768. The van der Waals surface area contributed by atoms with E-state index in [1.807, 2.05) is 13.1 Å². The van der Waals surface area contributed by atoms with Crippen LogP contribution in [0.15, 0.2) is 18.7 Å². The van der Waals surface area contributed by atoms with Crippen LogP contribution in [0.5, 0.6) is 0 Å². The number of hydrogen-bond donors (Lipinski definition) is 1. The number of aryl methyl sites for hydroxylation is 2. The molecule has 1 nitrogen and oxygen atoms in total. The first-order valence-corrected chi connectivity index (χ1v) is 5.13. The van der Waals surface area contributed by atoms with Crippen molar-refractivity contribution in [2.45, 2.75) is 26.8 Å². The topological polar surface area (TPSA) is 12.0 Å². The SMILES string of the molecule is C=Cc1c(CC)ccc(C)c1CNC. The summed E-state index contributed by atoms with van der Waals surface area (Å²) >= 11 is 0. The Balaban J connectivity index is 3.27. The van der Waals surface area contributed by atoms with Crippen LogP contribution in [-0.2, 0) is 13.0 Å². The molecule has 0 heterocycles. The zero-order valence-corrected chi connectivity index (χ0v) is 9.35. The number of nitrogens with one attached hydrogen (secondary N) is 1. The minimum atomic E-state index is 0.918. The van der Waals surface area contributed by atoms with Crippen LogP contribution in [0.4, 0.5) is 0 Å². The van der Waals surface area contributed by atoms with Gasteiger partial charge >= 0.3 is 0 Å². The van der Waals surface area contributed by atoms with E-state index in [0.29, 0.717) is 0 Å². The van der Waals surface area contributed by atoms with Gasteiger partial charge in [0.2, 0.25) is 0 Å². The lowest BCUT2D eigenvalue weighted by Gasteiger charge is -2.13. The van der Waals surface area contributed by atoms with Crippen molar-refractivity contribution in [2.75, 3.05) is 7.05 Å². The lowest BCUT2D eigenvalue weighted by atomic mass is 9.95. The average Bonchev–Trinajstić information content (AvgIpc) is 2.21. The van der Waals surface area contributed by atoms with E-state index in [1.165, 1.54) is 22.3 Å². The van der Waals surface area contributed by atoms with Crippen LogP contribution >= 0.6 is 0 Å². The minimum absolute atomic E-state index is 0.918. The molecule has 0 atom stereocenters.